The van der Waals surface area contributed by atoms with Crippen molar-refractivity contribution < 1.29 is 26.7 Å². The van der Waals surface area contributed by atoms with Gasteiger partial charge in [0, 0.05) is 29.9 Å². The van der Waals surface area contributed by atoms with Crippen molar-refractivity contribution in [3.63, 3.8) is 0 Å². The SMILES string of the molecule is Cc1c(-c2ccc(Cl)cc2)c(C(O)N(C)CCS(C)(=O)=O)n(Cc2ccccc2)c1C(F)(F)F. The number of nitrogens with zero attached hydrogens (tertiary/aromatic N) is 2. The molecule has 0 aliphatic carbocycles. The predicted octanol–water partition coefficient (Wildman–Crippen LogP) is 5.15. The summed E-state index contributed by atoms with van der Waals surface area (Å²) in [7, 11) is -1.86. The third-order valence-electron chi connectivity index (χ3n) is 5.61. The summed E-state index contributed by atoms with van der Waals surface area (Å²) in [5.74, 6) is -0.249. The van der Waals surface area contributed by atoms with Gasteiger partial charge >= 0.3 is 6.18 Å². The average Bonchev–Trinajstić information content (AvgIpc) is 3.04. The van der Waals surface area contributed by atoms with Crippen molar-refractivity contribution in [3.05, 3.63) is 82.1 Å². The van der Waals surface area contributed by atoms with E-state index < -0.39 is 27.9 Å². The number of rotatable bonds is 8. The van der Waals surface area contributed by atoms with Crippen molar-refractivity contribution in [2.75, 3.05) is 25.6 Å². The molecule has 1 N–H and O–H groups in total. The van der Waals surface area contributed by atoms with E-state index in [9.17, 15) is 26.7 Å². The molecule has 10 heteroatoms. The molecular formula is C24H26ClF3N2O3S. The second-order valence-electron chi connectivity index (χ2n) is 8.29. The highest BCUT2D eigenvalue weighted by Gasteiger charge is 2.41. The van der Waals surface area contributed by atoms with Crippen LogP contribution in [-0.2, 0) is 22.6 Å². The van der Waals surface area contributed by atoms with Crippen LogP contribution in [0.25, 0.3) is 11.1 Å². The lowest BCUT2D eigenvalue weighted by Crippen LogP contribution is -2.31. The molecule has 184 valence electrons. The zero-order chi connectivity index (χ0) is 25.3. The molecule has 3 rings (SSSR count). The molecule has 0 saturated carbocycles. The van der Waals surface area contributed by atoms with Crippen LogP contribution in [0.2, 0.25) is 5.02 Å². The van der Waals surface area contributed by atoms with Gasteiger partial charge in [-0.15, -0.1) is 0 Å². The summed E-state index contributed by atoms with van der Waals surface area (Å²) >= 11 is 5.99. The fraction of sp³-hybridized carbons (Fsp3) is 0.333. The Morgan fingerprint density at radius 3 is 2.21 bits per heavy atom. The van der Waals surface area contributed by atoms with Gasteiger partial charge < -0.3 is 9.67 Å². The molecule has 0 radical (unpaired) electrons. The number of alkyl halides is 3. The molecule has 1 unspecified atom stereocenters. The maximum absolute atomic E-state index is 14.3. The van der Waals surface area contributed by atoms with Crippen LogP contribution >= 0.6 is 11.6 Å². The van der Waals surface area contributed by atoms with Gasteiger partial charge in [-0.25, -0.2) is 8.42 Å². The molecule has 34 heavy (non-hydrogen) atoms. The molecule has 0 aliphatic rings. The summed E-state index contributed by atoms with van der Waals surface area (Å²) in [6, 6.07) is 15.0. The number of aliphatic hydroxyl groups excluding tert-OH is 1. The summed E-state index contributed by atoms with van der Waals surface area (Å²) in [6.45, 7) is 1.19. The van der Waals surface area contributed by atoms with Crippen LogP contribution in [-0.4, -0.2) is 48.6 Å². The van der Waals surface area contributed by atoms with Crippen LogP contribution in [0.5, 0.6) is 0 Å². The van der Waals surface area contributed by atoms with Crippen LogP contribution in [0.1, 0.15) is 28.7 Å². The third kappa shape index (κ3) is 6.02. The van der Waals surface area contributed by atoms with Gasteiger partial charge in [0.15, 0.2) is 0 Å². The first-order valence-corrected chi connectivity index (χ1v) is 12.9. The number of hydrogen-bond donors (Lipinski definition) is 1. The number of aliphatic hydroxyl groups is 1. The Bertz CT molecular complexity index is 1240. The monoisotopic (exact) mass is 514 g/mol. The second kappa shape index (κ2) is 10.1. The van der Waals surface area contributed by atoms with E-state index in [1.54, 1.807) is 54.6 Å². The van der Waals surface area contributed by atoms with Gasteiger partial charge in [0.2, 0.25) is 0 Å². The predicted molar refractivity (Wildman–Crippen MR) is 127 cm³/mol. The molecule has 1 aromatic heterocycles. The van der Waals surface area contributed by atoms with Gasteiger partial charge in [0.25, 0.3) is 0 Å². The normalized spacial score (nSPS) is 13.4. The molecule has 3 aromatic rings. The third-order valence-corrected chi connectivity index (χ3v) is 6.78. The summed E-state index contributed by atoms with van der Waals surface area (Å²) in [6.07, 6.45) is -5.12. The van der Waals surface area contributed by atoms with Crippen molar-refractivity contribution >= 4 is 21.4 Å². The van der Waals surface area contributed by atoms with E-state index in [2.05, 4.69) is 0 Å². The first-order valence-electron chi connectivity index (χ1n) is 10.5. The molecule has 0 amide bonds. The smallest absolute Gasteiger partial charge is 0.372 e. The largest absolute Gasteiger partial charge is 0.431 e. The lowest BCUT2D eigenvalue weighted by Gasteiger charge is -2.27. The fourth-order valence-corrected chi connectivity index (χ4v) is 4.70. The Morgan fingerprint density at radius 2 is 1.68 bits per heavy atom. The fourth-order valence-electron chi connectivity index (χ4n) is 3.95. The summed E-state index contributed by atoms with van der Waals surface area (Å²) < 4.78 is 67.4. The van der Waals surface area contributed by atoms with Gasteiger partial charge in [-0.1, -0.05) is 54.1 Å². The summed E-state index contributed by atoms with van der Waals surface area (Å²) in [4.78, 5) is 1.33. The zero-order valence-electron chi connectivity index (χ0n) is 19.0. The molecule has 0 fully saturated rings. The van der Waals surface area contributed by atoms with Crippen LogP contribution in [0.4, 0.5) is 13.2 Å². The van der Waals surface area contributed by atoms with Gasteiger partial charge in [-0.05, 0) is 42.8 Å². The molecule has 1 atom stereocenters. The zero-order valence-corrected chi connectivity index (χ0v) is 20.5. The number of hydrogen-bond acceptors (Lipinski definition) is 4. The van der Waals surface area contributed by atoms with E-state index >= 15 is 0 Å². The molecule has 5 nitrogen and oxygen atoms in total. The topological polar surface area (TPSA) is 62.5 Å². The van der Waals surface area contributed by atoms with E-state index in [1.165, 1.54) is 18.9 Å². The molecular weight excluding hydrogens is 489 g/mol. The highest BCUT2D eigenvalue weighted by molar-refractivity contribution is 7.90. The van der Waals surface area contributed by atoms with E-state index in [-0.39, 0.29) is 35.7 Å². The van der Waals surface area contributed by atoms with Crippen molar-refractivity contribution in [1.29, 1.82) is 0 Å². The first-order chi connectivity index (χ1) is 15.8. The molecule has 2 aromatic carbocycles. The van der Waals surface area contributed by atoms with Crippen LogP contribution in [0, 0.1) is 6.92 Å². The Morgan fingerprint density at radius 1 is 1.09 bits per heavy atom. The molecule has 1 heterocycles. The number of halogens is 4. The van der Waals surface area contributed by atoms with Crippen molar-refractivity contribution in [1.82, 2.24) is 9.47 Å². The van der Waals surface area contributed by atoms with Gasteiger partial charge in [0.05, 0.1) is 11.4 Å². The minimum absolute atomic E-state index is 0.0312. The second-order valence-corrected chi connectivity index (χ2v) is 11.0. The number of sulfone groups is 1. The van der Waals surface area contributed by atoms with Gasteiger partial charge in [-0.2, -0.15) is 13.2 Å². The highest BCUT2D eigenvalue weighted by atomic mass is 35.5. The Kier molecular flexibility index (Phi) is 7.82. The van der Waals surface area contributed by atoms with Crippen LogP contribution < -0.4 is 0 Å². The molecule has 0 saturated heterocycles. The van der Waals surface area contributed by atoms with Gasteiger partial charge in [-0.3, -0.25) is 4.90 Å². The first kappa shape index (κ1) is 26.3. The molecule has 0 aliphatic heterocycles. The Labute approximate surface area is 202 Å². The minimum Gasteiger partial charge on any atom is -0.372 e. The van der Waals surface area contributed by atoms with E-state index in [1.807, 2.05) is 0 Å². The lowest BCUT2D eigenvalue weighted by atomic mass is 10.00. The quantitative estimate of drug-likeness (QED) is 0.422. The number of aromatic nitrogens is 1. The van der Waals surface area contributed by atoms with Crippen molar-refractivity contribution in [3.8, 4) is 11.1 Å². The van der Waals surface area contributed by atoms with Crippen LogP contribution in [0.3, 0.4) is 0 Å². The van der Waals surface area contributed by atoms with E-state index in [4.69, 9.17) is 11.6 Å². The van der Waals surface area contributed by atoms with E-state index in [0.717, 1.165) is 10.8 Å². The maximum atomic E-state index is 14.3. The summed E-state index contributed by atoms with van der Waals surface area (Å²) in [5.41, 5.74) is 0.455. The lowest BCUT2D eigenvalue weighted by molar-refractivity contribution is -0.144. The van der Waals surface area contributed by atoms with E-state index in [0.29, 0.717) is 16.1 Å². The highest BCUT2D eigenvalue weighted by Crippen LogP contribution is 2.43. The van der Waals surface area contributed by atoms with Gasteiger partial charge in [0.1, 0.15) is 21.8 Å². The Hall–Kier alpha value is -2.33. The molecule has 0 spiro atoms. The van der Waals surface area contributed by atoms with Crippen molar-refractivity contribution in [2.24, 2.45) is 0 Å². The molecule has 0 bridgehead atoms. The standard InChI is InChI=1S/C24H26ClF3N2O3S/c1-16-20(18-9-11-19(25)12-10-18)21(23(31)29(2)13-14-34(3,32)33)30(22(16)24(26,27)28)15-17-7-5-4-6-8-17/h4-12,23,31H,13-15H2,1-3H3. The number of benzene rings is 2. The average molecular weight is 515 g/mol. The van der Waals surface area contributed by atoms with Crippen LogP contribution in [0.15, 0.2) is 54.6 Å². The van der Waals surface area contributed by atoms with Crippen molar-refractivity contribution in [2.45, 2.75) is 25.9 Å². The summed E-state index contributed by atoms with van der Waals surface area (Å²) in [5, 5.41) is 11.7. The minimum atomic E-state index is -4.69. The maximum Gasteiger partial charge on any atom is 0.431 e. The Balaban J connectivity index is 2.26.